The van der Waals surface area contributed by atoms with Crippen LogP contribution in [0.5, 0.6) is 0 Å². The van der Waals surface area contributed by atoms with Crippen LogP contribution >= 0.6 is 0 Å². The second-order valence-corrected chi connectivity index (χ2v) is 4.79. The highest BCUT2D eigenvalue weighted by Crippen LogP contribution is 2.16. The van der Waals surface area contributed by atoms with Crippen LogP contribution in [0.3, 0.4) is 0 Å². The molecule has 1 saturated heterocycles. The molecule has 1 aromatic rings. The van der Waals surface area contributed by atoms with Gasteiger partial charge in [0.2, 0.25) is 5.89 Å². The lowest BCUT2D eigenvalue weighted by Gasteiger charge is -2.05. The lowest BCUT2D eigenvalue weighted by Crippen LogP contribution is -2.22. The summed E-state index contributed by atoms with van der Waals surface area (Å²) in [5.41, 5.74) is 5.94. The molecule has 0 aliphatic carbocycles. The fourth-order valence-electron chi connectivity index (χ4n) is 2.16. The van der Waals surface area contributed by atoms with Crippen molar-refractivity contribution in [3.63, 3.8) is 0 Å². The smallest absolute Gasteiger partial charge is 0.228 e. The Morgan fingerprint density at radius 3 is 3.12 bits per heavy atom. The van der Waals surface area contributed by atoms with Gasteiger partial charge in [0, 0.05) is 32.1 Å². The largest absolute Gasteiger partial charge is 0.381 e. The van der Waals surface area contributed by atoms with Gasteiger partial charge in [-0.1, -0.05) is 18.5 Å². The third kappa shape index (κ3) is 3.78. The number of hydrogen-bond donors (Lipinski definition) is 1. The summed E-state index contributed by atoms with van der Waals surface area (Å²) >= 11 is 0. The number of ether oxygens (including phenoxy) is 1. The Kier molecular flexibility index (Phi) is 4.50. The summed E-state index contributed by atoms with van der Waals surface area (Å²) in [5.74, 6) is 2.00. The van der Waals surface area contributed by atoms with Crippen LogP contribution in [0.2, 0.25) is 0 Å². The second kappa shape index (κ2) is 6.12. The molecule has 2 N–H and O–H groups in total. The summed E-state index contributed by atoms with van der Waals surface area (Å²) < 4.78 is 10.5. The second-order valence-electron chi connectivity index (χ2n) is 4.79. The Hall–Kier alpha value is -0.940. The van der Waals surface area contributed by atoms with Crippen molar-refractivity contribution in [3.8, 4) is 0 Å². The summed E-state index contributed by atoms with van der Waals surface area (Å²) in [4.78, 5) is 4.38. The molecule has 0 spiro atoms. The molecule has 0 radical (unpaired) electrons. The molecule has 0 bridgehead atoms. The zero-order chi connectivity index (χ0) is 12.1. The summed E-state index contributed by atoms with van der Waals surface area (Å²) in [6, 6.07) is 0.128. The Morgan fingerprint density at radius 1 is 1.53 bits per heavy atom. The first-order chi connectivity index (χ1) is 8.28. The molecule has 0 amide bonds. The monoisotopic (exact) mass is 239 g/mol. The molecular weight excluding hydrogens is 218 g/mol. The van der Waals surface area contributed by atoms with Crippen LogP contribution in [-0.2, 0) is 17.6 Å². The van der Waals surface area contributed by atoms with Gasteiger partial charge in [-0.05, 0) is 18.8 Å². The van der Waals surface area contributed by atoms with Crippen molar-refractivity contribution in [3.05, 3.63) is 11.7 Å². The van der Waals surface area contributed by atoms with Gasteiger partial charge in [-0.15, -0.1) is 0 Å². The van der Waals surface area contributed by atoms with Crippen LogP contribution in [0.25, 0.3) is 0 Å². The minimum Gasteiger partial charge on any atom is -0.381 e. The van der Waals surface area contributed by atoms with Crippen LogP contribution in [-0.4, -0.2) is 29.4 Å². The first-order valence-corrected chi connectivity index (χ1v) is 6.42. The molecule has 2 unspecified atom stereocenters. The summed E-state index contributed by atoms with van der Waals surface area (Å²) in [6.07, 6.45) is 4.71. The summed E-state index contributed by atoms with van der Waals surface area (Å²) in [7, 11) is 0. The van der Waals surface area contributed by atoms with Crippen LogP contribution in [0.1, 0.15) is 37.9 Å². The van der Waals surface area contributed by atoms with Gasteiger partial charge in [0.1, 0.15) is 0 Å². The molecule has 1 aliphatic rings. The standard InChI is InChI=1S/C12H21N3O2/c1-2-3-10(13)7-12-14-11(15-17-12)6-9-4-5-16-8-9/h9-10H,2-8,13H2,1H3. The fraction of sp³-hybridized carbons (Fsp3) is 0.833. The highest BCUT2D eigenvalue weighted by Gasteiger charge is 2.19. The molecule has 0 saturated carbocycles. The van der Waals surface area contributed by atoms with E-state index in [0.29, 0.717) is 18.2 Å². The number of nitrogens with two attached hydrogens (primary N) is 1. The minimum absolute atomic E-state index is 0.128. The highest BCUT2D eigenvalue weighted by atomic mass is 16.5. The molecule has 1 fully saturated rings. The van der Waals surface area contributed by atoms with Gasteiger partial charge in [0.05, 0.1) is 0 Å². The van der Waals surface area contributed by atoms with Crippen molar-refractivity contribution >= 4 is 0 Å². The van der Waals surface area contributed by atoms with E-state index in [-0.39, 0.29) is 6.04 Å². The Balaban J connectivity index is 1.82. The number of hydrogen-bond acceptors (Lipinski definition) is 5. The van der Waals surface area contributed by atoms with Gasteiger partial charge >= 0.3 is 0 Å². The minimum atomic E-state index is 0.128. The number of rotatable bonds is 6. The van der Waals surface area contributed by atoms with E-state index in [4.69, 9.17) is 15.0 Å². The average Bonchev–Trinajstić information content (AvgIpc) is 2.91. The highest BCUT2D eigenvalue weighted by molar-refractivity contribution is 4.91. The Bertz CT molecular complexity index is 334. The van der Waals surface area contributed by atoms with E-state index in [9.17, 15) is 0 Å². The van der Waals surface area contributed by atoms with Gasteiger partial charge in [0.25, 0.3) is 0 Å². The van der Waals surface area contributed by atoms with Gasteiger partial charge < -0.3 is 15.0 Å². The summed E-state index contributed by atoms with van der Waals surface area (Å²) in [6.45, 7) is 3.80. The molecule has 5 heteroatoms. The molecule has 2 atom stereocenters. The predicted octanol–water partition coefficient (Wildman–Crippen LogP) is 1.32. The molecule has 1 aromatic heterocycles. The Morgan fingerprint density at radius 2 is 2.41 bits per heavy atom. The average molecular weight is 239 g/mol. The zero-order valence-electron chi connectivity index (χ0n) is 10.4. The molecule has 1 aliphatic heterocycles. The van der Waals surface area contributed by atoms with E-state index < -0.39 is 0 Å². The van der Waals surface area contributed by atoms with Crippen molar-refractivity contribution in [2.24, 2.45) is 11.7 Å². The lowest BCUT2D eigenvalue weighted by molar-refractivity contribution is 0.185. The van der Waals surface area contributed by atoms with Gasteiger partial charge in [-0.2, -0.15) is 4.98 Å². The molecule has 2 rings (SSSR count). The van der Waals surface area contributed by atoms with Crippen LogP contribution in [0.15, 0.2) is 4.52 Å². The normalized spacial score (nSPS) is 21.9. The quantitative estimate of drug-likeness (QED) is 0.810. The SMILES string of the molecule is CCCC(N)Cc1nc(CC2CCOC2)no1. The Labute approximate surface area is 102 Å². The third-order valence-electron chi connectivity index (χ3n) is 3.10. The van der Waals surface area contributed by atoms with E-state index in [1.165, 1.54) is 0 Å². The van der Waals surface area contributed by atoms with E-state index in [2.05, 4.69) is 17.1 Å². The third-order valence-corrected chi connectivity index (χ3v) is 3.10. The van der Waals surface area contributed by atoms with E-state index in [1.807, 2.05) is 0 Å². The van der Waals surface area contributed by atoms with Gasteiger partial charge in [0.15, 0.2) is 5.82 Å². The van der Waals surface area contributed by atoms with Gasteiger partial charge in [-0.25, -0.2) is 0 Å². The first kappa shape index (κ1) is 12.5. The van der Waals surface area contributed by atoms with Gasteiger partial charge in [-0.3, -0.25) is 0 Å². The van der Waals surface area contributed by atoms with E-state index in [1.54, 1.807) is 0 Å². The van der Waals surface area contributed by atoms with Crippen LogP contribution in [0.4, 0.5) is 0 Å². The van der Waals surface area contributed by atoms with Crippen molar-refractivity contribution in [1.29, 1.82) is 0 Å². The van der Waals surface area contributed by atoms with Crippen LogP contribution in [0, 0.1) is 5.92 Å². The maximum absolute atomic E-state index is 5.94. The molecule has 17 heavy (non-hydrogen) atoms. The molecule has 5 nitrogen and oxygen atoms in total. The molecular formula is C12H21N3O2. The predicted molar refractivity (Wildman–Crippen MR) is 63.5 cm³/mol. The molecule has 2 heterocycles. The lowest BCUT2D eigenvalue weighted by atomic mass is 10.1. The van der Waals surface area contributed by atoms with Crippen LogP contribution < -0.4 is 5.73 Å². The van der Waals surface area contributed by atoms with Crippen molar-refractivity contribution < 1.29 is 9.26 Å². The number of nitrogens with zero attached hydrogens (tertiary/aromatic N) is 2. The maximum atomic E-state index is 5.94. The molecule has 0 aromatic carbocycles. The fourth-order valence-corrected chi connectivity index (χ4v) is 2.16. The van der Waals surface area contributed by atoms with E-state index in [0.717, 1.165) is 44.7 Å². The van der Waals surface area contributed by atoms with Crippen molar-refractivity contribution in [2.45, 2.75) is 45.1 Å². The van der Waals surface area contributed by atoms with E-state index >= 15 is 0 Å². The number of aromatic nitrogens is 2. The van der Waals surface area contributed by atoms with Crippen molar-refractivity contribution in [1.82, 2.24) is 10.1 Å². The maximum Gasteiger partial charge on any atom is 0.228 e. The zero-order valence-corrected chi connectivity index (χ0v) is 10.4. The van der Waals surface area contributed by atoms with Crippen molar-refractivity contribution in [2.75, 3.05) is 13.2 Å². The molecule has 96 valence electrons. The topological polar surface area (TPSA) is 74.2 Å². The summed E-state index contributed by atoms with van der Waals surface area (Å²) in [5, 5.41) is 4.00. The first-order valence-electron chi connectivity index (χ1n) is 6.42.